The third-order valence-corrected chi connectivity index (χ3v) is 5.25. The van der Waals surface area contributed by atoms with Crippen molar-refractivity contribution in [2.24, 2.45) is 4.99 Å². The van der Waals surface area contributed by atoms with Gasteiger partial charge in [0.25, 0.3) is 0 Å². The van der Waals surface area contributed by atoms with Gasteiger partial charge in [0.05, 0.1) is 6.54 Å². The van der Waals surface area contributed by atoms with E-state index in [-0.39, 0.29) is 5.41 Å². The van der Waals surface area contributed by atoms with Gasteiger partial charge < -0.3 is 4.57 Å². The van der Waals surface area contributed by atoms with Crippen LogP contribution in [0.15, 0.2) is 23.2 Å². The lowest BCUT2D eigenvalue weighted by atomic mass is 9.72. The van der Waals surface area contributed by atoms with Crippen LogP contribution < -0.4 is 0 Å². The highest BCUT2D eigenvalue weighted by Crippen LogP contribution is 2.44. The lowest BCUT2D eigenvalue weighted by Gasteiger charge is -2.35. The van der Waals surface area contributed by atoms with E-state index in [9.17, 15) is 4.79 Å². The van der Waals surface area contributed by atoms with Crippen LogP contribution in [0.1, 0.15) is 44.4 Å². The number of benzene rings is 1. The third-order valence-electron chi connectivity index (χ3n) is 5.01. The number of nitrogens with zero attached hydrogens (tertiary/aromatic N) is 2. The molecule has 0 saturated heterocycles. The van der Waals surface area contributed by atoms with E-state index >= 15 is 0 Å². The van der Waals surface area contributed by atoms with Gasteiger partial charge in [0.15, 0.2) is 0 Å². The number of hydrogen-bond acceptors (Lipinski definition) is 2. The Labute approximate surface area is 136 Å². The van der Waals surface area contributed by atoms with Crippen LogP contribution in [-0.4, -0.2) is 17.2 Å². The number of halogens is 1. The van der Waals surface area contributed by atoms with E-state index in [2.05, 4.69) is 35.5 Å². The van der Waals surface area contributed by atoms with Crippen molar-refractivity contribution in [3.63, 3.8) is 0 Å². The molecule has 0 spiro atoms. The zero-order valence-electron chi connectivity index (χ0n) is 13.2. The number of aromatic nitrogens is 1. The SMILES string of the molecule is CCn1c2c(c3cc(Cl)ccc31)CCCC2(C)CCN=C=O. The number of fused-ring (bicyclic) bond motifs is 3. The highest BCUT2D eigenvalue weighted by Gasteiger charge is 2.36. The van der Waals surface area contributed by atoms with Crippen molar-refractivity contribution in [3.8, 4) is 0 Å². The summed E-state index contributed by atoms with van der Waals surface area (Å²) in [4.78, 5) is 14.2. The van der Waals surface area contributed by atoms with Crippen molar-refractivity contribution in [2.45, 2.75) is 51.5 Å². The maximum Gasteiger partial charge on any atom is 0.234 e. The predicted molar refractivity (Wildman–Crippen MR) is 90.5 cm³/mol. The molecule has 0 radical (unpaired) electrons. The number of aliphatic imine (C=N–C) groups is 1. The maximum absolute atomic E-state index is 10.4. The minimum absolute atomic E-state index is 0.0649. The molecule has 0 fully saturated rings. The van der Waals surface area contributed by atoms with Gasteiger partial charge in [-0.25, -0.2) is 9.79 Å². The summed E-state index contributed by atoms with van der Waals surface area (Å²) in [7, 11) is 0. The van der Waals surface area contributed by atoms with Gasteiger partial charge in [-0.1, -0.05) is 18.5 Å². The molecule has 4 heteroatoms. The molecule has 1 aliphatic rings. The predicted octanol–water partition coefficient (Wildman–Crippen LogP) is 4.63. The van der Waals surface area contributed by atoms with Crippen molar-refractivity contribution < 1.29 is 4.79 Å². The van der Waals surface area contributed by atoms with E-state index in [4.69, 9.17) is 11.6 Å². The van der Waals surface area contributed by atoms with Gasteiger partial charge in [-0.05, 0) is 56.4 Å². The van der Waals surface area contributed by atoms with Gasteiger partial charge in [-0.15, -0.1) is 0 Å². The summed E-state index contributed by atoms with van der Waals surface area (Å²) >= 11 is 6.22. The average molecular weight is 317 g/mol. The van der Waals surface area contributed by atoms with E-state index < -0.39 is 0 Å². The van der Waals surface area contributed by atoms with Crippen LogP contribution in [0.3, 0.4) is 0 Å². The van der Waals surface area contributed by atoms with E-state index in [0.29, 0.717) is 6.54 Å². The summed E-state index contributed by atoms with van der Waals surface area (Å²) in [5.41, 5.74) is 4.18. The van der Waals surface area contributed by atoms with Crippen LogP contribution in [0.4, 0.5) is 0 Å². The Kier molecular flexibility index (Phi) is 4.12. The molecule has 1 heterocycles. The standard InChI is InChI=1S/C18H21ClN2O/c1-3-21-16-7-6-13(19)11-15(16)14-5-4-8-18(2,17(14)21)9-10-20-12-22/h6-7,11H,3-5,8-10H2,1-2H3. The molecule has 1 aromatic carbocycles. The summed E-state index contributed by atoms with van der Waals surface area (Å²) in [5.74, 6) is 0. The molecule has 0 saturated carbocycles. The summed E-state index contributed by atoms with van der Waals surface area (Å²) in [6, 6.07) is 6.19. The second-order valence-corrected chi connectivity index (χ2v) is 6.81. The zero-order chi connectivity index (χ0) is 15.7. The Morgan fingerprint density at radius 3 is 3.00 bits per heavy atom. The van der Waals surface area contributed by atoms with Crippen molar-refractivity contribution >= 4 is 28.6 Å². The maximum atomic E-state index is 10.4. The van der Waals surface area contributed by atoms with Crippen LogP contribution >= 0.6 is 11.6 Å². The highest BCUT2D eigenvalue weighted by atomic mass is 35.5. The molecule has 2 aromatic rings. The minimum atomic E-state index is 0.0649. The van der Waals surface area contributed by atoms with Crippen LogP contribution in [0.2, 0.25) is 5.02 Å². The zero-order valence-corrected chi connectivity index (χ0v) is 13.9. The number of rotatable bonds is 4. The van der Waals surface area contributed by atoms with Gasteiger partial charge in [-0.3, -0.25) is 0 Å². The van der Waals surface area contributed by atoms with Crippen LogP contribution in [0.5, 0.6) is 0 Å². The minimum Gasteiger partial charge on any atom is -0.344 e. The van der Waals surface area contributed by atoms with Crippen LogP contribution in [-0.2, 0) is 23.2 Å². The fourth-order valence-electron chi connectivity index (χ4n) is 4.03. The first-order chi connectivity index (χ1) is 10.6. The second-order valence-electron chi connectivity index (χ2n) is 6.37. The summed E-state index contributed by atoms with van der Waals surface area (Å²) < 4.78 is 2.42. The molecule has 3 nitrogen and oxygen atoms in total. The van der Waals surface area contributed by atoms with Crippen molar-refractivity contribution in [2.75, 3.05) is 6.54 Å². The van der Waals surface area contributed by atoms with Crippen LogP contribution in [0, 0.1) is 0 Å². The average Bonchev–Trinajstić information content (AvgIpc) is 2.82. The largest absolute Gasteiger partial charge is 0.344 e. The molecule has 116 valence electrons. The number of hydrogen-bond donors (Lipinski definition) is 0. The van der Waals surface area contributed by atoms with Crippen LogP contribution in [0.25, 0.3) is 10.9 Å². The van der Waals surface area contributed by atoms with Gasteiger partial charge in [0.2, 0.25) is 6.08 Å². The third kappa shape index (κ3) is 2.39. The second kappa shape index (κ2) is 5.91. The molecule has 1 atom stereocenters. The normalized spacial score (nSPS) is 20.7. The van der Waals surface area contributed by atoms with Gasteiger partial charge in [-0.2, -0.15) is 0 Å². The number of isocyanates is 1. The molecule has 1 unspecified atom stereocenters. The van der Waals surface area contributed by atoms with Crippen molar-refractivity contribution in [3.05, 3.63) is 34.5 Å². The lowest BCUT2D eigenvalue weighted by Crippen LogP contribution is -2.31. The highest BCUT2D eigenvalue weighted by molar-refractivity contribution is 6.31. The van der Waals surface area contributed by atoms with Gasteiger partial charge in [0, 0.05) is 33.6 Å². The van der Waals surface area contributed by atoms with Gasteiger partial charge >= 0.3 is 0 Å². The Hall–Kier alpha value is -1.57. The fraction of sp³-hybridized carbons (Fsp3) is 0.500. The molecule has 0 aliphatic heterocycles. The van der Waals surface area contributed by atoms with E-state index in [1.807, 2.05) is 6.07 Å². The van der Waals surface area contributed by atoms with Crippen molar-refractivity contribution in [1.29, 1.82) is 0 Å². The molecular formula is C18H21ClN2O. The number of carbonyl (C=O) groups excluding carboxylic acids is 1. The van der Waals surface area contributed by atoms with E-state index in [0.717, 1.165) is 30.8 Å². The Bertz CT molecular complexity index is 758. The molecule has 0 bridgehead atoms. The Balaban J connectivity index is 2.20. The van der Waals surface area contributed by atoms with Gasteiger partial charge in [0.1, 0.15) is 0 Å². The molecule has 3 rings (SSSR count). The molecule has 0 amide bonds. The lowest BCUT2D eigenvalue weighted by molar-refractivity contribution is 0.350. The number of aryl methyl sites for hydroxylation is 2. The topological polar surface area (TPSA) is 34.4 Å². The molecule has 0 N–H and O–H groups in total. The Morgan fingerprint density at radius 1 is 1.45 bits per heavy atom. The Morgan fingerprint density at radius 2 is 2.27 bits per heavy atom. The molecular weight excluding hydrogens is 296 g/mol. The molecule has 1 aromatic heterocycles. The first-order valence-electron chi connectivity index (χ1n) is 7.95. The summed E-state index contributed by atoms with van der Waals surface area (Å²) in [6.45, 7) is 5.98. The first kappa shape index (κ1) is 15.3. The van der Waals surface area contributed by atoms with E-state index in [1.54, 1.807) is 6.08 Å². The fourth-order valence-corrected chi connectivity index (χ4v) is 4.21. The quantitative estimate of drug-likeness (QED) is 0.598. The summed E-state index contributed by atoms with van der Waals surface area (Å²) in [6.07, 6.45) is 5.96. The first-order valence-corrected chi connectivity index (χ1v) is 8.33. The van der Waals surface area contributed by atoms with Crippen molar-refractivity contribution in [1.82, 2.24) is 4.57 Å². The molecule has 1 aliphatic carbocycles. The molecule has 22 heavy (non-hydrogen) atoms. The summed E-state index contributed by atoms with van der Waals surface area (Å²) in [5, 5.41) is 2.08. The monoisotopic (exact) mass is 316 g/mol. The smallest absolute Gasteiger partial charge is 0.234 e. The van der Waals surface area contributed by atoms with E-state index in [1.165, 1.54) is 28.6 Å².